The number of halogens is 2. The third-order valence-electron chi connectivity index (χ3n) is 3.70. The van der Waals surface area contributed by atoms with E-state index in [-0.39, 0.29) is 0 Å². The average Bonchev–Trinajstić information content (AvgIpc) is 2.55. The van der Waals surface area contributed by atoms with E-state index in [0.29, 0.717) is 31.9 Å². The lowest BCUT2D eigenvalue weighted by Gasteiger charge is -2.29. The van der Waals surface area contributed by atoms with Gasteiger partial charge in [-0.2, -0.15) is 0 Å². The van der Waals surface area contributed by atoms with Gasteiger partial charge in [-0.25, -0.2) is 18.4 Å². The molecule has 132 valence electrons. The quantitative estimate of drug-likeness (QED) is 0.826. The molecule has 0 spiro atoms. The van der Waals surface area contributed by atoms with E-state index in [9.17, 15) is 18.4 Å². The lowest BCUT2D eigenvalue weighted by atomic mass is 10.0. The number of carbonyl (C=O) groups excluding carboxylic acids is 1. The number of nitrogens with zero attached hydrogens (tertiary/aromatic N) is 1. The fourth-order valence-electron chi connectivity index (χ4n) is 2.47. The molecule has 0 aromatic heterocycles. The molecule has 1 saturated heterocycles. The van der Waals surface area contributed by atoms with Gasteiger partial charge < -0.3 is 20.1 Å². The number of carbonyl (C=O) groups is 2. The summed E-state index contributed by atoms with van der Waals surface area (Å²) in [6, 6.07) is 5.77. The number of hydrogen-bond donors (Lipinski definition) is 2. The summed E-state index contributed by atoms with van der Waals surface area (Å²) in [7, 11) is 0. The minimum Gasteiger partial charge on any atom is -0.480 e. The molecule has 0 aliphatic carbocycles. The summed E-state index contributed by atoms with van der Waals surface area (Å²) in [6.07, 6.45) is -1.54. The summed E-state index contributed by atoms with van der Waals surface area (Å²) >= 11 is 0. The number of hydrogen-bond acceptors (Lipinski definition) is 3. The smallest absolute Gasteiger partial charge is 0.326 e. The van der Waals surface area contributed by atoms with Gasteiger partial charge in [0.1, 0.15) is 6.04 Å². The number of carboxylic acid groups (broad SMARTS) is 1. The number of ether oxygens (including phenoxy) is 1. The Bertz CT molecular complexity index is 562. The van der Waals surface area contributed by atoms with Crippen LogP contribution in [0.4, 0.5) is 13.6 Å². The SMILES string of the molecule is O=C(O)C(CC(F)(F)Cc1ccccc1)NC(=O)N1CCOCC1. The van der Waals surface area contributed by atoms with Crippen molar-refractivity contribution in [3.63, 3.8) is 0 Å². The van der Waals surface area contributed by atoms with Gasteiger partial charge in [0, 0.05) is 25.9 Å². The number of aliphatic carboxylic acids is 1. The minimum absolute atomic E-state index is 0.304. The molecule has 2 rings (SSSR count). The fraction of sp³-hybridized carbons (Fsp3) is 0.500. The minimum atomic E-state index is -3.25. The van der Waals surface area contributed by atoms with Gasteiger partial charge in [-0.1, -0.05) is 30.3 Å². The molecule has 1 atom stereocenters. The Morgan fingerprint density at radius 2 is 1.88 bits per heavy atom. The fourth-order valence-corrected chi connectivity index (χ4v) is 2.47. The van der Waals surface area contributed by atoms with E-state index in [1.165, 1.54) is 4.90 Å². The normalized spacial score (nSPS) is 16.5. The highest BCUT2D eigenvalue weighted by Gasteiger charge is 2.37. The topological polar surface area (TPSA) is 78.9 Å². The zero-order chi connectivity index (χ0) is 17.6. The molecule has 1 fully saturated rings. The Morgan fingerprint density at radius 3 is 2.46 bits per heavy atom. The summed E-state index contributed by atoms with van der Waals surface area (Å²) in [5.41, 5.74) is 0.408. The Balaban J connectivity index is 1.96. The number of morpholine rings is 1. The second kappa shape index (κ2) is 8.05. The Kier molecular flexibility index (Phi) is 6.08. The standard InChI is InChI=1S/C16H20F2N2O4/c17-16(18,10-12-4-2-1-3-5-12)11-13(14(21)22)19-15(23)20-6-8-24-9-7-20/h1-5,13H,6-11H2,(H,19,23)(H,21,22). The maximum atomic E-state index is 14.2. The summed E-state index contributed by atoms with van der Waals surface area (Å²) < 4.78 is 33.4. The summed E-state index contributed by atoms with van der Waals surface area (Å²) in [5, 5.41) is 11.3. The second-order valence-electron chi connectivity index (χ2n) is 5.66. The van der Waals surface area contributed by atoms with Gasteiger partial charge in [0.2, 0.25) is 0 Å². The molecule has 8 heteroatoms. The monoisotopic (exact) mass is 342 g/mol. The van der Waals surface area contributed by atoms with Gasteiger partial charge in [-0.3, -0.25) is 0 Å². The molecular weight excluding hydrogens is 322 g/mol. The first-order valence-corrected chi connectivity index (χ1v) is 7.65. The predicted octanol–water partition coefficient (Wildman–Crippen LogP) is 1.75. The van der Waals surface area contributed by atoms with Crippen molar-refractivity contribution in [1.82, 2.24) is 10.2 Å². The van der Waals surface area contributed by atoms with E-state index in [0.717, 1.165) is 0 Å². The molecule has 2 amide bonds. The molecular formula is C16H20F2N2O4. The lowest BCUT2D eigenvalue weighted by molar-refractivity contribution is -0.142. The number of urea groups is 1. The van der Waals surface area contributed by atoms with E-state index in [1.807, 2.05) is 0 Å². The largest absolute Gasteiger partial charge is 0.480 e. The van der Waals surface area contributed by atoms with Crippen molar-refractivity contribution in [2.75, 3.05) is 26.3 Å². The third kappa shape index (κ3) is 5.45. The third-order valence-corrected chi connectivity index (χ3v) is 3.70. The van der Waals surface area contributed by atoms with Crippen LogP contribution in [0.1, 0.15) is 12.0 Å². The van der Waals surface area contributed by atoms with Crippen molar-refractivity contribution >= 4 is 12.0 Å². The molecule has 1 heterocycles. The Labute approximate surface area is 138 Å². The van der Waals surface area contributed by atoms with Gasteiger partial charge >= 0.3 is 12.0 Å². The summed E-state index contributed by atoms with van der Waals surface area (Å²) in [5.74, 6) is -4.73. The van der Waals surface area contributed by atoms with Crippen LogP contribution in [0.15, 0.2) is 30.3 Å². The number of alkyl halides is 2. The molecule has 0 bridgehead atoms. The first-order valence-electron chi connectivity index (χ1n) is 7.65. The molecule has 1 aliphatic heterocycles. The predicted molar refractivity (Wildman–Crippen MR) is 82.1 cm³/mol. The molecule has 1 unspecified atom stereocenters. The van der Waals surface area contributed by atoms with Crippen LogP contribution in [0.2, 0.25) is 0 Å². The van der Waals surface area contributed by atoms with Crippen LogP contribution in [0.25, 0.3) is 0 Å². The molecule has 0 radical (unpaired) electrons. The van der Waals surface area contributed by atoms with E-state index in [2.05, 4.69) is 5.32 Å². The van der Waals surface area contributed by atoms with Crippen LogP contribution in [0.3, 0.4) is 0 Å². The number of benzene rings is 1. The van der Waals surface area contributed by atoms with Crippen molar-refractivity contribution in [3.05, 3.63) is 35.9 Å². The van der Waals surface area contributed by atoms with Crippen LogP contribution in [-0.4, -0.2) is 60.3 Å². The van der Waals surface area contributed by atoms with Crippen molar-refractivity contribution in [2.24, 2.45) is 0 Å². The number of carboxylic acids is 1. The molecule has 0 saturated carbocycles. The Hall–Kier alpha value is -2.22. The van der Waals surface area contributed by atoms with Gasteiger partial charge in [-0.05, 0) is 5.56 Å². The molecule has 2 N–H and O–H groups in total. The molecule has 1 aromatic carbocycles. The molecule has 24 heavy (non-hydrogen) atoms. The first kappa shape index (κ1) is 18.1. The van der Waals surface area contributed by atoms with E-state index < -0.39 is 36.8 Å². The molecule has 1 aromatic rings. The van der Waals surface area contributed by atoms with Crippen molar-refractivity contribution < 1.29 is 28.2 Å². The molecule has 6 nitrogen and oxygen atoms in total. The maximum Gasteiger partial charge on any atom is 0.326 e. The summed E-state index contributed by atoms with van der Waals surface area (Å²) in [4.78, 5) is 24.6. The first-order chi connectivity index (χ1) is 11.4. The van der Waals surface area contributed by atoms with Crippen LogP contribution in [0.5, 0.6) is 0 Å². The van der Waals surface area contributed by atoms with Crippen molar-refractivity contribution in [1.29, 1.82) is 0 Å². The van der Waals surface area contributed by atoms with Gasteiger partial charge in [0.05, 0.1) is 13.2 Å². The van der Waals surface area contributed by atoms with E-state index in [4.69, 9.17) is 9.84 Å². The van der Waals surface area contributed by atoms with Crippen molar-refractivity contribution in [2.45, 2.75) is 24.8 Å². The second-order valence-corrected chi connectivity index (χ2v) is 5.66. The highest BCUT2D eigenvalue weighted by Crippen LogP contribution is 2.25. The lowest BCUT2D eigenvalue weighted by Crippen LogP contribution is -2.52. The van der Waals surface area contributed by atoms with Crippen LogP contribution >= 0.6 is 0 Å². The van der Waals surface area contributed by atoms with Crippen LogP contribution in [0, 0.1) is 0 Å². The highest BCUT2D eigenvalue weighted by molar-refractivity contribution is 5.82. The van der Waals surface area contributed by atoms with Gasteiger partial charge in [-0.15, -0.1) is 0 Å². The van der Waals surface area contributed by atoms with E-state index in [1.54, 1.807) is 30.3 Å². The zero-order valence-electron chi connectivity index (χ0n) is 13.1. The van der Waals surface area contributed by atoms with Gasteiger partial charge in [0.15, 0.2) is 0 Å². The average molecular weight is 342 g/mol. The van der Waals surface area contributed by atoms with E-state index >= 15 is 0 Å². The number of amides is 2. The van der Waals surface area contributed by atoms with Gasteiger partial charge in [0.25, 0.3) is 5.92 Å². The molecule has 1 aliphatic rings. The highest BCUT2D eigenvalue weighted by atomic mass is 19.3. The van der Waals surface area contributed by atoms with Crippen LogP contribution < -0.4 is 5.32 Å². The van der Waals surface area contributed by atoms with Crippen molar-refractivity contribution in [3.8, 4) is 0 Å². The number of rotatable bonds is 6. The maximum absolute atomic E-state index is 14.2. The Morgan fingerprint density at radius 1 is 1.25 bits per heavy atom. The summed E-state index contributed by atoms with van der Waals surface area (Å²) in [6.45, 7) is 1.29. The van der Waals surface area contributed by atoms with Crippen LogP contribution in [-0.2, 0) is 16.0 Å². The zero-order valence-corrected chi connectivity index (χ0v) is 13.1. The number of nitrogens with one attached hydrogen (secondary N) is 1.